The molecule has 0 bridgehead atoms. The summed E-state index contributed by atoms with van der Waals surface area (Å²) in [7, 11) is 1.51. The molecule has 3 aromatic rings. The molecule has 0 aromatic heterocycles. The van der Waals surface area contributed by atoms with Crippen molar-refractivity contribution in [3.8, 4) is 17.2 Å². The number of nitrogens with one attached hydrogen (secondary N) is 1. The van der Waals surface area contributed by atoms with Gasteiger partial charge in [0.15, 0.2) is 11.5 Å². The standard InChI is InChI=1S/C25H23ClN2O4/c1-3-13-31-23-12-9-20(15-24(23)30-2)25(29)28-27-16-18-7-10-22(11-8-18)32-17-19-5-4-6-21(26)14-19/h3-12,14-16H,1,13,17H2,2H3,(H,28,29)/b27-16+. The predicted molar refractivity (Wildman–Crippen MR) is 126 cm³/mol. The predicted octanol–water partition coefficient (Wildman–Crippen LogP) is 5.26. The third-order valence-electron chi connectivity index (χ3n) is 4.34. The largest absolute Gasteiger partial charge is 0.493 e. The summed E-state index contributed by atoms with van der Waals surface area (Å²) in [6.45, 7) is 4.37. The Balaban J connectivity index is 1.54. The summed E-state index contributed by atoms with van der Waals surface area (Å²) in [4.78, 5) is 12.4. The number of hydrogen-bond acceptors (Lipinski definition) is 5. The number of rotatable bonds is 10. The van der Waals surface area contributed by atoms with Gasteiger partial charge in [-0.15, -0.1) is 0 Å². The van der Waals surface area contributed by atoms with Crippen LogP contribution in [0.15, 0.2) is 84.5 Å². The van der Waals surface area contributed by atoms with E-state index in [1.165, 1.54) is 7.11 Å². The summed E-state index contributed by atoms with van der Waals surface area (Å²) < 4.78 is 16.5. The minimum absolute atomic E-state index is 0.344. The summed E-state index contributed by atoms with van der Waals surface area (Å²) in [5.74, 6) is 1.34. The highest BCUT2D eigenvalue weighted by atomic mass is 35.5. The fourth-order valence-corrected chi connectivity index (χ4v) is 2.96. The van der Waals surface area contributed by atoms with Crippen molar-refractivity contribution in [1.29, 1.82) is 0 Å². The molecule has 0 radical (unpaired) electrons. The normalized spacial score (nSPS) is 10.6. The molecule has 3 aromatic carbocycles. The van der Waals surface area contributed by atoms with E-state index in [1.807, 2.05) is 48.5 Å². The first kappa shape index (κ1) is 22.9. The van der Waals surface area contributed by atoms with Gasteiger partial charge in [-0.2, -0.15) is 5.10 Å². The van der Waals surface area contributed by atoms with Crippen LogP contribution in [0.2, 0.25) is 5.02 Å². The molecule has 0 unspecified atom stereocenters. The van der Waals surface area contributed by atoms with Crippen LogP contribution >= 0.6 is 11.6 Å². The molecule has 0 aliphatic heterocycles. The van der Waals surface area contributed by atoms with Crippen molar-refractivity contribution >= 4 is 23.7 Å². The molecule has 164 valence electrons. The van der Waals surface area contributed by atoms with Gasteiger partial charge in [-0.3, -0.25) is 4.79 Å². The number of amides is 1. The molecule has 7 heteroatoms. The highest BCUT2D eigenvalue weighted by molar-refractivity contribution is 6.30. The number of methoxy groups -OCH3 is 1. The van der Waals surface area contributed by atoms with E-state index in [0.717, 1.165) is 16.9 Å². The Hall–Kier alpha value is -3.77. The number of halogens is 1. The highest BCUT2D eigenvalue weighted by Gasteiger charge is 2.10. The van der Waals surface area contributed by atoms with E-state index in [2.05, 4.69) is 17.1 Å². The van der Waals surface area contributed by atoms with Crippen molar-refractivity contribution in [3.05, 3.63) is 101 Å². The molecule has 0 saturated carbocycles. The Bertz CT molecular complexity index is 1100. The lowest BCUT2D eigenvalue weighted by molar-refractivity contribution is 0.0954. The molecule has 0 saturated heterocycles. The van der Waals surface area contributed by atoms with Crippen molar-refractivity contribution < 1.29 is 19.0 Å². The van der Waals surface area contributed by atoms with E-state index in [-0.39, 0.29) is 5.91 Å². The maximum Gasteiger partial charge on any atom is 0.271 e. The van der Waals surface area contributed by atoms with Gasteiger partial charge < -0.3 is 14.2 Å². The lowest BCUT2D eigenvalue weighted by Gasteiger charge is -2.10. The van der Waals surface area contributed by atoms with E-state index in [0.29, 0.717) is 35.3 Å². The van der Waals surface area contributed by atoms with E-state index in [4.69, 9.17) is 25.8 Å². The van der Waals surface area contributed by atoms with Crippen molar-refractivity contribution in [2.45, 2.75) is 6.61 Å². The zero-order chi connectivity index (χ0) is 22.8. The van der Waals surface area contributed by atoms with Gasteiger partial charge in [0.25, 0.3) is 5.91 Å². The number of hydrogen-bond donors (Lipinski definition) is 1. The Morgan fingerprint density at radius 3 is 2.59 bits per heavy atom. The topological polar surface area (TPSA) is 69.2 Å². The lowest BCUT2D eigenvalue weighted by Crippen LogP contribution is -2.17. The molecule has 32 heavy (non-hydrogen) atoms. The summed E-state index contributed by atoms with van der Waals surface area (Å²) >= 11 is 5.98. The van der Waals surface area contributed by atoms with Crippen LogP contribution in [0.1, 0.15) is 21.5 Å². The Morgan fingerprint density at radius 2 is 1.88 bits per heavy atom. The molecule has 1 N–H and O–H groups in total. The van der Waals surface area contributed by atoms with Crippen molar-refractivity contribution in [1.82, 2.24) is 5.43 Å². The average molecular weight is 451 g/mol. The van der Waals surface area contributed by atoms with Gasteiger partial charge in [-0.1, -0.05) is 36.4 Å². The Labute approximate surface area is 192 Å². The second kappa shape index (κ2) is 11.6. The summed E-state index contributed by atoms with van der Waals surface area (Å²) in [5, 5.41) is 4.69. The van der Waals surface area contributed by atoms with E-state index in [9.17, 15) is 4.79 Å². The quantitative estimate of drug-likeness (QED) is 0.260. The van der Waals surface area contributed by atoms with Crippen LogP contribution in [-0.4, -0.2) is 25.8 Å². The molecule has 0 heterocycles. The Kier molecular flexibility index (Phi) is 8.29. The van der Waals surface area contributed by atoms with Crippen LogP contribution in [-0.2, 0) is 6.61 Å². The molecule has 0 spiro atoms. The SMILES string of the molecule is C=CCOc1ccc(C(=O)N/N=C/c2ccc(OCc3cccc(Cl)c3)cc2)cc1OC. The van der Waals surface area contributed by atoms with Crippen LogP contribution in [0.3, 0.4) is 0 Å². The maximum absolute atomic E-state index is 12.4. The van der Waals surface area contributed by atoms with Gasteiger partial charge in [0.05, 0.1) is 13.3 Å². The molecular formula is C25H23ClN2O4. The number of ether oxygens (including phenoxy) is 3. The second-order valence-electron chi connectivity index (χ2n) is 6.65. The van der Waals surface area contributed by atoms with Crippen molar-refractivity contribution in [2.75, 3.05) is 13.7 Å². The van der Waals surface area contributed by atoms with Gasteiger partial charge in [-0.25, -0.2) is 5.43 Å². The number of nitrogens with zero attached hydrogens (tertiary/aromatic N) is 1. The number of carbonyl (C=O) groups is 1. The Morgan fingerprint density at radius 1 is 1.06 bits per heavy atom. The van der Waals surface area contributed by atoms with Crippen LogP contribution < -0.4 is 19.6 Å². The number of carbonyl (C=O) groups excluding carboxylic acids is 1. The first-order chi connectivity index (χ1) is 15.6. The lowest BCUT2D eigenvalue weighted by atomic mass is 10.2. The first-order valence-corrected chi connectivity index (χ1v) is 10.2. The first-order valence-electron chi connectivity index (χ1n) is 9.81. The minimum atomic E-state index is -0.365. The van der Waals surface area contributed by atoms with E-state index in [1.54, 1.807) is 30.5 Å². The highest BCUT2D eigenvalue weighted by Crippen LogP contribution is 2.28. The maximum atomic E-state index is 12.4. The van der Waals surface area contributed by atoms with Crippen LogP contribution in [0.5, 0.6) is 17.2 Å². The summed E-state index contributed by atoms with van der Waals surface area (Å²) in [5.41, 5.74) is 4.70. The molecule has 3 rings (SSSR count). The zero-order valence-corrected chi connectivity index (χ0v) is 18.3. The van der Waals surface area contributed by atoms with E-state index < -0.39 is 0 Å². The molecule has 0 fully saturated rings. The molecule has 0 atom stereocenters. The fourth-order valence-electron chi connectivity index (χ4n) is 2.75. The van der Waals surface area contributed by atoms with Crippen molar-refractivity contribution in [3.63, 3.8) is 0 Å². The molecule has 0 aliphatic carbocycles. The van der Waals surface area contributed by atoms with Crippen molar-refractivity contribution in [2.24, 2.45) is 5.10 Å². The molecule has 6 nitrogen and oxygen atoms in total. The molecular weight excluding hydrogens is 428 g/mol. The van der Waals surface area contributed by atoms with E-state index >= 15 is 0 Å². The van der Waals surface area contributed by atoms with Gasteiger partial charge in [0, 0.05) is 10.6 Å². The van der Waals surface area contributed by atoms with Crippen LogP contribution in [0.25, 0.3) is 0 Å². The third-order valence-corrected chi connectivity index (χ3v) is 4.57. The smallest absolute Gasteiger partial charge is 0.271 e. The van der Waals surface area contributed by atoms with Gasteiger partial charge in [0.1, 0.15) is 19.0 Å². The number of benzene rings is 3. The fraction of sp³-hybridized carbons (Fsp3) is 0.120. The average Bonchev–Trinajstić information content (AvgIpc) is 2.82. The third kappa shape index (κ3) is 6.62. The monoisotopic (exact) mass is 450 g/mol. The van der Waals surface area contributed by atoms with Gasteiger partial charge in [0.2, 0.25) is 0 Å². The zero-order valence-electron chi connectivity index (χ0n) is 17.6. The minimum Gasteiger partial charge on any atom is -0.493 e. The van der Waals surface area contributed by atoms with Gasteiger partial charge >= 0.3 is 0 Å². The van der Waals surface area contributed by atoms with Crippen LogP contribution in [0.4, 0.5) is 0 Å². The summed E-state index contributed by atoms with van der Waals surface area (Å²) in [6, 6.07) is 19.8. The number of hydrazone groups is 1. The second-order valence-corrected chi connectivity index (χ2v) is 7.09. The summed E-state index contributed by atoms with van der Waals surface area (Å²) in [6.07, 6.45) is 3.18. The van der Waals surface area contributed by atoms with Crippen LogP contribution in [0, 0.1) is 0 Å². The molecule has 1 amide bonds. The molecule has 0 aliphatic rings. The van der Waals surface area contributed by atoms with Gasteiger partial charge in [-0.05, 0) is 65.7 Å².